The van der Waals surface area contributed by atoms with Crippen molar-refractivity contribution < 1.29 is 13.7 Å². The van der Waals surface area contributed by atoms with E-state index in [4.69, 9.17) is 0 Å². The molecule has 0 saturated heterocycles. The van der Waals surface area contributed by atoms with E-state index < -0.39 is 0 Å². The van der Waals surface area contributed by atoms with E-state index in [1.807, 2.05) is 0 Å². The van der Waals surface area contributed by atoms with Gasteiger partial charge in [0.2, 0.25) is 22.8 Å². The molecule has 3 heteroatoms. The normalized spacial score (nSPS) is 13.9. The molecule has 0 spiro atoms. The van der Waals surface area contributed by atoms with Gasteiger partial charge in [-0.3, -0.25) is 0 Å². The summed E-state index contributed by atoms with van der Waals surface area (Å²) in [6.45, 7) is 0. The standard InChI is InChI=1S/C36H30N3/c1-37-23-11-8-19-32(37)29-16-4-5-17-30(29)36-26-27-14-2-3-15-28(27)33-21-9-12-24-38(33)34-20-7-6-18-31(34)35-22-10-13-25-39(35)36/h2-25,36H,26H2,1H3/q+3. The van der Waals surface area contributed by atoms with Crippen LogP contribution in [0, 0.1) is 0 Å². The number of aromatic nitrogens is 3. The van der Waals surface area contributed by atoms with E-state index in [9.17, 15) is 0 Å². The van der Waals surface area contributed by atoms with Crippen LogP contribution < -0.4 is 13.7 Å². The molecule has 1 atom stereocenters. The summed E-state index contributed by atoms with van der Waals surface area (Å²) in [7, 11) is 2.13. The van der Waals surface area contributed by atoms with Gasteiger partial charge in [-0.15, -0.1) is 0 Å². The van der Waals surface area contributed by atoms with Crippen LogP contribution in [-0.4, -0.2) is 0 Å². The van der Waals surface area contributed by atoms with E-state index in [1.165, 1.54) is 50.6 Å². The topological polar surface area (TPSA) is 11.6 Å². The fourth-order valence-corrected chi connectivity index (χ4v) is 6.07. The predicted octanol–water partition coefficient (Wildman–Crippen LogP) is 6.22. The van der Waals surface area contributed by atoms with E-state index in [1.54, 1.807) is 0 Å². The van der Waals surface area contributed by atoms with E-state index in [0.717, 1.165) is 6.42 Å². The summed E-state index contributed by atoms with van der Waals surface area (Å²) in [5, 5.41) is 0. The highest BCUT2D eigenvalue weighted by Crippen LogP contribution is 2.34. The molecule has 4 heterocycles. The molecule has 7 rings (SSSR count). The SMILES string of the molecule is C[n+]1ccccc1-c1ccccc1C1Cc2ccccc2-c2cccc[n+]2-c2ccccc2-c2cccc[n+]21. The molecular formula is C36H30N3+3. The van der Waals surface area contributed by atoms with Crippen molar-refractivity contribution in [1.29, 1.82) is 0 Å². The van der Waals surface area contributed by atoms with Crippen LogP contribution in [0.1, 0.15) is 17.2 Å². The molecule has 6 aromatic rings. The summed E-state index contributed by atoms with van der Waals surface area (Å²) in [5.41, 5.74) is 11.2. The summed E-state index contributed by atoms with van der Waals surface area (Å²) < 4.78 is 7.03. The van der Waals surface area contributed by atoms with Gasteiger partial charge in [0.1, 0.15) is 12.6 Å². The Bertz CT molecular complexity index is 1820. The molecule has 39 heavy (non-hydrogen) atoms. The second kappa shape index (κ2) is 9.77. The zero-order valence-corrected chi connectivity index (χ0v) is 22.0. The zero-order chi connectivity index (χ0) is 26.2. The summed E-state index contributed by atoms with van der Waals surface area (Å²) in [5.74, 6) is 0. The summed E-state index contributed by atoms with van der Waals surface area (Å²) in [6.07, 6.45) is 7.42. The van der Waals surface area contributed by atoms with Crippen molar-refractivity contribution in [2.24, 2.45) is 7.05 Å². The zero-order valence-electron chi connectivity index (χ0n) is 22.0. The van der Waals surface area contributed by atoms with Crippen LogP contribution in [0.5, 0.6) is 0 Å². The maximum absolute atomic E-state index is 2.48. The smallest absolute Gasteiger partial charge is 0.201 e. The minimum absolute atomic E-state index is 0.0853. The first-order valence-electron chi connectivity index (χ1n) is 13.5. The van der Waals surface area contributed by atoms with Crippen molar-refractivity contribution in [2.75, 3.05) is 0 Å². The Morgan fingerprint density at radius 3 is 1.97 bits per heavy atom. The number of benzene rings is 3. The molecule has 0 bridgehead atoms. The summed E-state index contributed by atoms with van der Waals surface area (Å²) in [4.78, 5) is 0. The van der Waals surface area contributed by atoms with Gasteiger partial charge < -0.3 is 0 Å². The minimum atomic E-state index is 0.0853. The molecule has 1 aliphatic rings. The highest BCUT2D eigenvalue weighted by atomic mass is 15.0. The van der Waals surface area contributed by atoms with E-state index in [-0.39, 0.29) is 6.04 Å². The molecule has 1 unspecified atom stereocenters. The van der Waals surface area contributed by atoms with Gasteiger partial charge in [-0.05, 0) is 42.0 Å². The summed E-state index contributed by atoms with van der Waals surface area (Å²) in [6, 6.07) is 46.1. The number of pyridine rings is 3. The van der Waals surface area contributed by atoms with Crippen LogP contribution in [0.25, 0.3) is 39.5 Å². The molecule has 3 nitrogen and oxygen atoms in total. The van der Waals surface area contributed by atoms with Gasteiger partial charge >= 0.3 is 0 Å². The molecule has 1 aliphatic heterocycles. The average Bonchev–Trinajstić information content (AvgIpc) is 3.00. The van der Waals surface area contributed by atoms with E-state index in [0.29, 0.717) is 0 Å². The quantitative estimate of drug-likeness (QED) is 0.248. The number of rotatable bonds is 2. The third-order valence-electron chi connectivity index (χ3n) is 7.88. The molecule has 0 saturated carbocycles. The Balaban J connectivity index is 1.57. The number of nitrogens with zero attached hydrogens (tertiary/aromatic N) is 3. The maximum atomic E-state index is 2.48. The van der Waals surface area contributed by atoms with Crippen LogP contribution in [0.3, 0.4) is 0 Å². The Morgan fingerprint density at radius 2 is 1.13 bits per heavy atom. The first-order chi connectivity index (χ1) is 19.3. The molecule has 0 fully saturated rings. The van der Waals surface area contributed by atoms with E-state index in [2.05, 4.69) is 167 Å². The largest absolute Gasteiger partial charge is 0.225 e. The molecule has 0 N–H and O–H groups in total. The van der Waals surface area contributed by atoms with Crippen LogP contribution in [-0.2, 0) is 13.5 Å². The van der Waals surface area contributed by atoms with Crippen LogP contribution in [0.4, 0.5) is 0 Å². The Morgan fingerprint density at radius 1 is 0.513 bits per heavy atom. The Hall–Kier alpha value is -4.89. The fraction of sp³-hybridized carbons (Fsp3) is 0.0833. The molecule has 3 aromatic carbocycles. The highest BCUT2D eigenvalue weighted by molar-refractivity contribution is 5.69. The number of hydrogen-bond acceptors (Lipinski definition) is 0. The molecule has 0 aliphatic carbocycles. The molecule has 0 amide bonds. The van der Waals surface area contributed by atoms with Crippen LogP contribution in [0.15, 0.2) is 146 Å². The van der Waals surface area contributed by atoms with Crippen molar-refractivity contribution in [3.8, 4) is 39.5 Å². The van der Waals surface area contributed by atoms with Gasteiger partial charge in [-0.2, -0.15) is 9.13 Å². The van der Waals surface area contributed by atoms with Crippen molar-refractivity contribution in [2.45, 2.75) is 12.5 Å². The molecule has 3 aromatic heterocycles. The maximum Gasteiger partial charge on any atom is 0.225 e. The lowest BCUT2D eigenvalue weighted by molar-refractivity contribution is -0.703. The van der Waals surface area contributed by atoms with Crippen molar-refractivity contribution in [3.05, 3.63) is 157 Å². The number of aryl methyl sites for hydroxylation is 1. The lowest BCUT2D eigenvalue weighted by Gasteiger charge is -2.21. The fourth-order valence-electron chi connectivity index (χ4n) is 6.07. The second-order valence-electron chi connectivity index (χ2n) is 10.1. The van der Waals surface area contributed by atoms with Gasteiger partial charge in [0.15, 0.2) is 24.6 Å². The van der Waals surface area contributed by atoms with Gasteiger partial charge in [0, 0.05) is 54.4 Å². The third kappa shape index (κ3) is 4.04. The van der Waals surface area contributed by atoms with Crippen molar-refractivity contribution in [3.63, 3.8) is 0 Å². The van der Waals surface area contributed by atoms with Gasteiger partial charge in [0.05, 0.1) is 11.1 Å². The van der Waals surface area contributed by atoms with Gasteiger partial charge in [0.25, 0.3) is 0 Å². The third-order valence-corrected chi connectivity index (χ3v) is 7.88. The molecule has 0 radical (unpaired) electrons. The monoisotopic (exact) mass is 504 g/mol. The number of fused-ring (bicyclic) bond motifs is 7. The van der Waals surface area contributed by atoms with Gasteiger partial charge in [-0.25, -0.2) is 4.57 Å². The number of para-hydroxylation sites is 1. The first-order valence-corrected chi connectivity index (χ1v) is 13.5. The number of hydrogen-bond donors (Lipinski definition) is 0. The molecular weight excluding hydrogens is 474 g/mol. The summed E-state index contributed by atoms with van der Waals surface area (Å²) >= 11 is 0. The van der Waals surface area contributed by atoms with Gasteiger partial charge in [-0.1, -0.05) is 48.5 Å². The highest BCUT2D eigenvalue weighted by Gasteiger charge is 2.34. The van der Waals surface area contributed by atoms with E-state index >= 15 is 0 Å². The average molecular weight is 505 g/mol. The first kappa shape index (κ1) is 23.2. The Kier molecular flexibility index (Phi) is 5.82. The van der Waals surface area contributed by atoms with Crippen molar-refractivity contribution >= 4 is 0 Å². The van der Waals surface area contributed by atoms with Crippen LogP contribution >= 0.6 is 0 Å². The van der Waals surface area contributed by atoms with Crippen molar-refractivity contribution in [1.82, 2.24) is 0 Å². The molecule has 186 valence electrons. The minimum Gasteiger partial charge on any atom is -0.201 e. The lowest BCUT2D eigenvalue weighted by Crippen LogP contribution is -2.45. The Labute approximate surface area is 229 Å². The predicted molar refractivity (Wildman–Crippen MR) is 154 cm³/mol. The lowest BCUT2D eigenvalue weighted by atomic mass is 9.89. The van der Waals surface area contributed by atoms with Crippen LogP contribution in [0.2, 0.25) is 0 Å². The second-order valence-corrected chi connectivity index (χ2v) is 10.1.